The van der Waals surface area contributed by atoms with Crippen LogP contribution < -0.4 is 15.5 Å². The molecule has 2 heterocycles. The highest BCUT2D eigenvalue weighted by Gasteiger charge is 2.13. The molecule has 2 rings (SSSR count). The molecule has 2 N–H and O–H groups in total. The molecule has 100 valence electrons. The summed E-state index contributed by atoms with van der Waals surface area (Å²) in [6, 6.07) is 2.09. The Hall–Kier alpha value is -1.36. The van der Waals surface area contributed by atoms with E-state index in [-0.39, 0.29) is 0 Å². The van der Waals surface area contributed by atoms with Crippen LogP contribution >= 0.6 is 0 Å². The Morgan fingerprint density at radius 3 is 2.78 bits per heavy atom. The average Bonchev–Trinajstić information content (AvgIpc) is 2.46. The van der Waals surface area contributed by atoms with E-state index in [1.165, 1.54) is 19.3 Å². The number of piperidine rings is 1. The van der Waals surface area contributed by atoms with Crippen LogP contribution in [-0.2, 0) is 0 Å². The molecule has 0 spiro atoms. The van der Waals surface area contributed by atoms with Gasteiger partial charge >= 0.3 is 0 Å². The molecule has 0 unspecified atom stereocenters. The topological polar surface area (TPSA) is 58.3 Å². The van der Waals surface area contributed by atoms with Gasteiger partial charge in [0.15, 0.2) is 0 Å². The van der Waals surface area contributed by atoms with Gasteiger partial charge in [0.25, 0.3) is 0 Å². The Morgan fingerprint density at radius 1 is 1.28 bits per heavy atom. The van der Waals surface area contributed by atoms with Crippen molar-refractivity contribution in [1.29, 1.82) is 0 Å². The van der Waals surface area contributed by atoms with Gasteiger partial charge in [0.2, 0.25) is 0 Å². The lowest BCUT2D eigenvalue weighted by atomic mass is 10.1. The van der Waals surface area contributed by atoms with Crippen LogP contribution in [0.3, 0.4) is 0 Å². The molecule has 0 radical (unpaired) electrons. The van der Waals surface area contributed by atoms with Gasteiger partial charge in [0.1, 0.15) is 18.0 Å². The van der Waals surface area contributed by atoms with Gasteiger partial charge in [0.05, 0.1) is 0 Å². The molecule has 1 aliphatic heterocycles. The van der Waals surface area contributed by atoms with Crippen molar-refractivity contribution in [2.24, 2.45) is 5.73 Å². The molecule has 1 fully saturated rings. The van der Waals surface area contributed by atoms with Crippen molar-refractivity contribution in [2.45, 2.75) is 25.7 Å². The Bertz CT molecular complexity index is 362. The first kappa shape index (κ1) is 13.1. The summed E-state index contributed by atoms with van der Waals surface area (Å²) in [6.45, 7) is 3.88. The van der Waals surface area contributed by atoms with Gasteiger partial charge in [-0.1, -0.05) is 0 Å². The predicted octanol–water partition coefficient (Wildman–Crippen LogP) is 1.25. The van der Waals surface area contributed by atoms with Gasteiger partial charge in [-0.2, -0.15) is 0 Å². The number of hydrogen-bond donors (Lipinski definition) is 1. The van der Waals surface area contributed by atoms with Crippen molar-refractivity contribution in [3.63, 3.8) is 0 Å². The van der Waals surface area contributed by atoms with E-state index in [9.17, 15) is 0 Å². The predicted molar refractivity (Wildman–Crippen MR) is 75.0 cm³/mol. The van der Waals surface area contributed by atoms with E-state index >= 15 is 0 Å². The largest absolute Gasteiger partial charge is 0.359 e. The first-order chi connectivity index (χ1) is 8.81. The Kier molecular flexibility index (Phi) is 4.75. The molecule has 0 aromatic carbocycles. The maximum absolute atomic E-state index is 5.53. The number of anilines is 2. The summed E-state index contributed by atoms with van der Waals surface area (Å²) in [6.07, 6.45) is 6.52. The molecule has 18 heavy (non-hydrogen) atoms. The lowest BCUT2D eigenvalue weighted by molar-refractivity contribution is 0.573. The number of hydrogen-bond acceptors (Lipinski definition) is 5. The normalized spacial score (nSPS) is 15.8. The number of aromatic nitrogens is 2. The van der Waals surface area contributed by atoms with Gasteiger partial charge in [-0.15, -0.1) is 0 Å². The summed E-state index contributed by atoms with van der Waals surface area (Å²) in [5.74, 6) is 2.04. The zero-order valence-corrected chi connectivity index (χ0v) is 11.2. The molecule has 0 bridgehead atoms. The van der Waals surface area contributed by atoms with E-state index < -0.39 is 0 Å². The molecular formula is C13H23N5. The molecule has 1 saturated heterocycles. The Labute approximate surface area is 109 Å². The highest BCUT2D eigenvalue weighted by atomic mass is 15.2. The monoisotopic (exact) mass is 249 g/mol. The van der Waals surface area contributed by atoms with Crippen molar-refractivity contribution in [3.05, 3.63) is 12.4 Å². The quantitative estimate of drug-likeness (QED) is 0.851. The lowest BCUT2D eigenvalue weighted by Crippen LogP contribution is -2.30. The SMILES string of the molecule is CN(CCCN)c1cc(N2CCCCC2)ncn1. The van der Waals surface area contributed by atoms with Crippen LogP contribution in [0.15, 0.2) is 12.4 Å². The van der Waals surface area contributed by atoms with Crippen LogP contribution in [0.25, 0.3) is 0 Å². The van der Waals surface area contributed by atoms with Crippen LogP contribution in [0.5, 0.6) is 0 Å². The van der Waals surface area contributed by atoms with Crippen LogP contribution in [0.1, 0.15) is 25.7 Å². The van der Waals surface area contributed by atoms with Crippen molar-refractivity contribution >= 4 is 11.6 Å². The second kappa shape index (κ2) is 6.54. The first-order valence-corrected chi connectivity index (χ1v) is 6.79. The fourth-order valence-electron chi connectivity index (χ4n) is 2.28. The molecule has 5 heteroatoms. The lowest BCUT2D eigenvalue weighted by Gasteiger charge is -2.28. The van der Waals surface area contributed by atoms with E-state index in [0.717, 1.165) is 37.7 Å². The number of rotatable bonds is 5. The van der Waals surface area contributed by atoms with E-state index in [4.69, 9.17) is 5.73 Å². The second-order valence-corrected chi connectivity index (χ2v) is 4.85. The fourth-order valence-corrected chi connectivity index (χ4v) is 2.28. The van der Waals surface area contributed by atoms with Crippen molar-refractivity contribution in [1.82, 2.24) is 9.97 Å². The van der Waals surface area contributed by atoms with Crippen LogP contribution in [-0.4, -0.2) is 43.2 Å². The maximum atomic E-state index is 5.53. The summed E-state index contributed by atoms with van der Waals surface area (Å²) in [5.41, 5.74) is 5.53. The summed E-state index contributed by atoms with van der Waals surface area (Å²) in [7, 11) is 2.05. The minimum absolute atomic E-state index is 0.717. The van der Waals surface area contributed by atoms with Crippen molar-refractivity contribution in [3.8, 4) is 0 Å². The average molecular weight is 249 g/mol. The zero-order chi connectivity index (χ0) is 12.8. The smallest absolute Gasteiger partial charge is 0.134 e. The Balaban J connectivity index is 2.04. The van der Waals surface area contributed by atoms with Gasteiger partial charge in [-0.3, -0.25) is 0 Å². The molecule has 5 nitrogen and oxygen atoms in total. The summed E-state index contributed by atoms with van der Waals surface area (Å²) in [4.78, 5) is 13.2. The van der Waals surface area contributed by atoms with Gasteiger partial charge in [-0.05, 0) is 32.2 Å². The molecule has 0 amide bonds. The van der Waals surface area contributed by atoms with Crippen molar-refractivity contribution in [2.75, 3.05) is 43.0 Å². The molecule has 0 aliphatic carbocycles. The van der Waals surface area contributed by atoms with Crippen LogP contribution in [0.4, 0.5) is 11.6 Å². The molecule has 1 aromatic rings. The standard InChI is InChI=1S/C13H23N5/c1-17(7-5-6-14)12-10-13(16-11-15-12)18-8-3-2-4-9-18/h10-11H,2-9,14H2,1H3. The van der Waals surface area contributed by atoms with E-state index in [2.05, 4.69) is 32.9 Å². The minimum atomic E-state index is 0.717. The van der Waals surface area contributed by atoms with E-state index in [1.54, 1.807) is 6.33 Å². The zero-order valence-electron chi connectivity index (χ0n) is 11.2. The summed E-state index contributed by atoms with van der Waals surface area (Å²) < 4.78 is 0. The van der Waals surface area contributed by atoms with E-state index in [0.29, 0.717) is 6.54 Å². The van der Waals surface area contributed by atoms with Crippen molar-refractivity contribution < 1.29 is 0 Å². The van der Waals surface area contributed by atoms with E-state index in [1.807, 2.05) is 0 Å². The highest BCUT2D eigenvalue weighted by molar-refractivity contribution is 5.49. The molecular weight excluding hydrogens is 226 g/mol. The minimum Gasteiger partial charge on any atom is -0.359 e. The summed E-state index contributed by atoms with van der Waals surface area (Å²) in [5, 5.41) is 0. The third-order valence-electron chi connectivity index (χ3n) is 3.41. The third-order valence-corrected chi connectivity index (χ3v) is 3.41. The van der Waals surface area contributed by atoms with Gasteiger partial charge < -0.3 is 15.5 Å². The fraction of sp³-hybridized carbons (Fsp3) is 0.692. The maximum Gasteiger partial charge on any atom is 0.134 e. The first-order valence-electron chi connectivity index (χ1n) is 6.79. The van der Waals surface area contributed by atoms with Gasteiger partial charge in [-0.25, -0.2) is 9.97 Å². The molecule has 1 aromatic heterocycles. The molecule has 1 aliphatic rings. The third kappa shape index (κ3) is 3.32. The number of nitrogens with zero attached hydrogens (tertiary/aromatic N) is 4. The van der Waals surface area contributed by atoms with Gasteiger partial charge in [0, 0.05) is 32.7 Å². The van der Waals surface area contributed by atoms with Crippen LogP contribution in [0, 0.1) is 0 Å². The number of nitrogens with two attached hydrogens (primary N) is 1. The highest BCUT2D eigenvalue weighted by Crippen LogP contribution is 2.20. The second-order valence-electron chi connectivity index (χ2n) is 4.85. The Morgan fingerprint density at radius 2 is 2.06 bits per heavy atom. The molecule has 0 saturated carbocycles. The molecule has 0 atom stereocenters. The van der Waals surface area contributed by atoms with Crippen LogP contribution in [0.2, 0.25) is 0 Å². The summed E-state index contributed by atoms with van der Waals surface area (Å²) >= 11 is 0.